The van der Waals surface area contributed by atoms with E-state index in [4.69, 9.17) is 5.73 Å². The first-order chi connectivity index (χ1) is 23.9. The molecule has 1 saturated heterocycles. The van der Waals surface area contributed by atoms with E-state index in [1.807, 2.05) is 47.4 Å². The smallest absolute Gasteiger partial charge is 0.270 e. The van der Waals surface area contributed by atoms with Crippen LogP contribution in [0.3, 0.4) is 0 Å². The highest BCUT2D eigenvalue weighted by Crippen LogP contribution is 2.39. The number of pyridine rings is 1. The number of hydrogen-bond acceptors (Lipinski definition) is 8. The molecule has 2 fully saturated rings. The first-order valence-corrected chi connectivity index (χ1v) is 17.6. The number of nitrogens with one attached hydrogen (secondary N) is 3. The predicted molar refractivity (Wildman–Crippen MR) is 190 cm³/mol. The van der Waals surface area contributed by atoms with Gasteiger partial charge in [0.05, 0.1) is 42.3 Å². The van der Waals surface area contributed by atoms with Crippen molar-refractivity contribution in [3.05, 3.63) is 78.0 Å². The molecule has 7 N–H and O–H groups in total. The molecule has 0 unspecified atom stereocenters. The fourth-order valence-corrected chi connectivity index (χ4v) is 7.27. The van der Waals surface area contributed by atoms with Crippen LogP contribution in [0.1, 0.15) is 68.4 Å². The van der Waals surface area contributed by atoms with Crippen LogP contribution in [0.4, 0.5) is 0 Å². The van der Waals surface area contributed by atoms with Crippen molar-refractivity contribution < 1.29 is 29.4 Å². The second-order valence-corrected chi connectivity index (χ2v) is 14.5. The van der Waals surface area contributed by atoms with Crippen molar-refractivity contribution in [2.24, 2.45) is 17.6 Å². The molecule has 0 spiro atoms. The zero-order valence-electron chi connectivity index (χ0n) is 28.9. The number of aliphatic hydroxyl groups is 2. The van der Waals surface area contributed by atoms with Crippen molar-refractivity contribution in [2.75, 3.05) is 19.7 Å². The Morgan fingerprint density at radius 1 is 0.960 bits per heavy atom. The van der Waals surface area contributed by atoms with E-state index in [9.17, 15) is 29.4 Å². The average molecular weight is 687 g/mol. The van der Waals surface area contributed by atoms with Crippen LogP contribution >= 0.6 is 0 Å². The number of hydrogen-bond donors (Lipinski definition) is 6. The molecule has 3 aromatic rings. The fraction of sp³-hybridized carbons (Fsp3) is 0.500. The SMILES string of the molecule is CC(C)(CO)NC(=O)[C@H]1C[C@@H]2CCCC[C@@H]2CN1C[C@@H](O)[C@H](Cc1ccccc1)NC(=O)[C@@H](CC(N)=O)NC(=O)c1ccc2ccccc2n1. The minimum atomic E-state index is -1.32. The number of fused-ring (bicyclic) bond motifs is 2. The van der Waals surface area contributed by atoms with Gasteiger partial charge in [0.15, 0.2) is 0 Å². The monoisotopic (exact) mass is 686 g/mol. The largest absolute Gasteiger partial charge is 0.394 e. The van der Waals surface area contributed by atoms with Crippen molar-refractivity contribution in [3.8, 4) is 0 Å². The molecule has 268 valence electrons. The van der Waals surface area contributed by atoms with Crippen LogP contribution in [0.2, 0.25) is 0 Å². The number of aliphatic hydroxyl groups excluding tert-OH is 2. The first-order valence-electron chi connectivity index (χ1n) is 17.6. The Labute approximate surface area is 293 Å². The molecule has 6 atom stereocenters. The van der Waals surface area contributed by atoms with Gasteiger partial charge in [-0.1, -0.05) is 73.9 Å². The number of primary amides is 1. The highest BCUT2D eigenvalue weighted by atomic mass is 16.3. The van der Waals surface area contributed by atoms with Crippen LogP contribution in [0.15, 0.2) is 66.7 Å². The van der Waals surface area contributed by atoms with E-state index in [0.29, 0.717) is 30.3 Å². The number of carbonyl (C=O) groups is 4. The fourth-order valence-electron chi connectivity index (χ4n) is 7.27. The number of benzene rings is 2. The topological polar surface area (TPSA) is 187 Å². The molecular weight excluding hydrogens is 636 g/mol. The van der Waals surface area contributed by atoms with Crippen LogP contribution in [-0.4, -0.2) is 93.2 Å². The maximum Gasteiger partial charge on any atom is 0.270 e. The second-order valence-electron chi connectivity index (χ2n) is 14.5. The molecule has 2 heterocycles. The molecule has 12 nitrogen and oxygen atoms in total. The second kappa shape index (κ2) is 16.5. The number of rotatable bonds is 14. The molecule has 1 aliphatic heterocycles. The number of para-hydroxylation sites is 1. The lowest BCUT2D eigenvalue weighted by molar-refractivity contribution is -0.134. The third-order valence-electron chi connectivity index (χ3n) is 10.0. The maximum atomic E-state index is 13.8. The van der Waals surface area contributed by atoms with Gasteiger partial charge < -0.3 is 31.9 Å². The van der Waals surface area contributed by atoms with Gasteiger partial charge in [0, 0.05) is 18.5 Å². The van der Waals surface area contributed by atoms with Gasteiger partial charge in [-0.15, -0.1) is 0 Å². The Bertz CT molecular complexity index is 1650. The van der Waals surface area contributed by atoms with Gasteiger partial charge >= 0.3 is 0 Å². The highest BCUT2D eigenvalue weighted by Gasteiger charge is 2.42. The number of likely N-dealkylation sites (tertiary alicyclic amines) is 1. The third kappa shape index (κ3) is 9.64. The summed E-state index contributed by atoms with van der Waals surface area (Å²) in [4.78, 5) is 59.3. The molecule has 5 rings (SSSR count). The quantitative estimate of drug-likeness (QED) is 0.149. The number of carbonyl (C=O) groups excluding carboxylic acids is 4. The zero-order chi connectivity index (χ0) is 35.8. The summed E-state index contributed by atoms with van der Waals surface area (Å²) in [5, 5.41) is 31.0. The molecule has 2 aliphatic rings. The summed E-state index contributed by atoms with van der Waals surface area (Å²) in [6.07, 6.45) is 3.69. The van der Waals surface area contributed by atoms with Crippen LogP contribution in [0.25, 0.3) is 10.9 Å². The van der Waals surface area contributed by atoms with Crippen LogP contribution in [0, 0.1) is 11.8 Å². The molecule has 2 aromatic carbocycles. The molecule has 4 amide bonds. The van der Waals surface area contributed by atoms with Crippen molar-refractivity contribution in [2.45, 2.75) is 88.6 Å². The van der Waals surface area contributed by atoms with Crippen LogP contribution < -0.4 is 21.7 Å². The summed E-state index contributed by atoms with van der Waals surface area (Å²) >= 11 is 0. The Morgan fingerprint density at radius 3 is 2.38 bits per heavy atom. The summed E-state index contributed by atoms with van der Waals surface area (Å²) < 4.78 is 0. The Balaban J connectivity index is 1.36. The molecule has 1 saturated carbocycles. The van der Waals surface area contributed by atoms with Gasteiger partial charge in [-0.3, -0.25) is 24.1 Å². The Hall–Kier alpha value is -4.39. The van der Waals surface area contributed by atoms with Crippen molar-refractivity contribution in [1.82, 2.24) is 25.8 Å². The van der Waals surface area contributed by atoms with E-state index in [0.717, 1.165) is 36.6 Å². The lowest BCUT2D eigenvalue weighted by Crippen LogP contribution is -2.61. The molecule has 12 heteroatoms. The summed E-state index contributed by atoms with van der Waals surface area (Å²) in [7, 11) is 0. The summed E-state index contributed by atoms with van der Waals surface area (Å²) in [5.41, 5.74) is 6.24. The highest BCUT2D eigenvalue weighted by molar-refractivity contribution is 5.99. The van der Waals surface area contributed by atoms with Gasteiger partial charge in [0.2, 0.25) is 17.7 Å². The number of nitrogens with two attached hydrogens (primary N) is 1. The zero-order valence-corrected chi connectivity index (χ0v) is 28.9. The maximum absolute atomic E-state index is 13.8. The molecule has 1 aromatic heterocycles. The molecule has 0 radical (unpaired) electrons. The van der Waals surface area contributed by atoms with Crippen molar-refractivity contribution in [1.29, 1.82) is 0 Å². The van der Waals surface area contributed by atoms with E-state index < -0.39 is 53.9 Å². The first kappa shape index (κ1) is 36.9. The number of nitrogens with zero attached hydrogens (tertiary/aromatic N) is 2. The standard InChI is InChI=1S/C38H50N6O6/c1-38(2,23-45)43-37(50)32-19-26-13-6-7-14-27(26)21-44(32)22-33(46)30(18-24-10-4-3-5-11-24)41-36(49)31(20-34(39)47)42-35(48)29-17-16-25-12-8-9-15-28(25)40-29/h3-5,8-12,15-17,26-27,30-33,45-46H,6-7,13-14,18-23H2,1-2H3,(H2,39,47)(H,41,49)(H,42,48)(H,43,50)/t26-,27+,30-,31+,32+,33+/m0/s1. The normalized spacial score (nSPS) is 21.3. The molecule has 50 heavy (non-hydrogen) atoms. The minimum absolute atomic E-state index is 0.0756. The van der Waals surface area contributed by atoms with Crippen molar-refractivity contribution in [3.63, 3.8) is 0 Å². The minimum Gasteiger partial charge on any atom is -0.394 e. The Kier molecular flexibility index (Phi) is 12.2. The van der Waals surface area contributed by atoms with E-state index in [1.54, 1.807) is 38.1 Å². The number of piperidine rings is 1. The van der Waals surface area contributed by atoms with Crippen molar-refractivity contribution >= 4 is 34.5 Å². The summed E-state index contributed by atoms with van der Waals surface area (Å²) in [6, 6.07) is 17.3. The number of β-amino-alcohol motifs (C(OH)–C–C–N with tert-alkyl or cyclic N) is 1. The predicted octanol–water partition coefficient (Wildman–Crippen LogP) is 2.06. The van der Waals surface area contributed by atoms with E-state index in [1.165, 1.54) is 0 Å². The van der Waals surface area contributed by atoms with Gasteiger partial charge in [0.1, 0.15) is 11.7 Å². The van der Waals surface area contributed by atoms with Gasteiger partial charge in [-0.25, -0.2) is 4.98 Å². The van der Waals surface area contributed by atoms with Gasteiger partial charge in [-0.05, 0) is 62.6 Å². The number of aromatic nitrogens is 1. The van der Waals surface area contributed by atoms with Gasteiger partial charge in [-0.2, -0.15) is 0 Å². The Morgan fingerprint density at radius 2 is 1.66 bits per heavy atom. The third-order valence-corrected chi connectivity index (χ3v) is 10.0. The van der Waals surface area contributed by atoms with E-state index in [-0.39, 0.29) is 31.2 Å². The van der Waals surface area contributed by atoms with Crippen LogP contribution in [0.5, 0.6) is 0 Å². The van der Waals surface area contributed by atoms with E-state index in [2.05, 4.69) is 20.9 Å². The lowest BCUT2D eigenvalue weighted by Gasteiger charge is -2.47. The number of amides is 4. The summed E-state index contributed by atoms with van der Waals surface area (Å²) in [5.74, 6) is -1.51. The molecule has 0 bridgehead atoms. The lowest BCUT2D eigenvalue weighted by atomic mass is 9.72. The molecular formula is C38H50N6O6. The summed E-state index contributed by atoms with van der Waals surface area (Å²) in [6.45, 7) is 4.04. The molecule has 1 aliphatic carbocycles. The van der Waals surface area contributed by atoms with Crippen LogP contribution in [-0.2, 0) is 20.8 Å². The van der Waals surface area contributed by atoms with Gasteiger partial charge in [0.25, 0.3) is 5.91 Å². The van der Waals surface area contributed by atoms with E-state index >= 15 is 0 Å². The average Bonchev–Trinajstić information content (AvgIpc) is 3.10.